The first-order valence-electron chi connectivity index (χ1n) is 5.87. The number of aryl methyl sites for hydroxylation is 2. The molecule has 1 aromatic heterocycles. The Morgan fingerprint density at radius 2 is 2.13 bits per heavy atom. The maximum absolute atomic E-state index is 6.41. The minimum atomic E-state index is 0.120. The van der Waals surface area contributed by atoms with E-state index in [2.05, 4.69) is 11.9 Å². The molecule has 2 rings (SSSR count). The van der Waals surface area contributed by atoms with Crippen LogP contribution in [-0.2, 0) is 6.42 Å². The summed E-state index contributed by atoms with van der Waals surface area (Å²) in [5.41, 5.74) is 9.66. The molecule has 0 saturated heterocycles. The molecule has 2 N–H and O–H groups in total. The topological polar surface area (TPSA) is 38.9 Å². The predicted molar refractivity (Wildman–Crippen MR) is 65.2 cm³/mol. The monoisotopic (exact) mass is 224 g/mol. The van der Waals surface area contributed by atoms with Crippen molar-refractivity contribution in [1.82, 2.24) is 4.98 Å². The molecule has 84 valence electrons. The molecule has 1 heterocycles. The lowest BCUT2D eigenvalue weighted by atomic mass is 9.79. The van der Waals surface area contributed by atoms with E-state index in [-0.39, 0.29) is 5.54 Å². The molecule has 0 aromatic carbocycles. The van der Waals surface area contributed by atoms with Crippen LogP contribution in [-0.4, -0.2) is 10.5 Å². The molecule has 0 bridgehead atoms. The van der Waals surface area contributed by atoms with E-state index >= 15 is 0 Å². The second-order valence-electron chi connectivity index (χ2n) is 4.78. The van der Waals surface area contributed by atoms with Gasteiger partial charge in [-0.2, -0.15) is 0 Å². The lowest BCUT2D eigenvalue weighted by molar-refractivity contribution is 0.278. The predicted octanol–water partition coefficient (Wildman–Crippen LogP) is 3.05. The summed E-state index contributed by atoms with van der Waals surface area (Å²) >= 11 is 1.77. The van der Waals surface area contributed by atoms with Gasteiger partial charge in [-0.3, -0.25) is 0 Å². The first kappa shape index (κ1) is 11.1. The van der Waals surface area contributed by atoms with E-state index in [0.717, 1.165) is 12.8 Å². The van der Waals surface area contributed by atoms with Crippen molar-refractivity contribution in [2.24, 2.45) is 5.73 Å². The summed E-state index contributed by atoms with van der Waals surface area (Å²) in [6.07, 6.45) is 8.69. The number of nitrogens with zero attached hydrogens (tertiary/aromatic N) is 1. The summed E-state index contributed by atoms with van der Waals surface area (Å²) in [7, 11) is 0. The van der Waals surface area contributed by atoms with Crippen LogP contribution in [0.4, 0.5) is 0 Å². The first-order chi connectivity index (χ1) is 7.20. The molecule has 0 unspecified atom stereocenters. The molecule has 0 atom stereocenters. The van der Waals surface area contributed by atoms with Gasteiger partial charge in [0.2, 0.25) is 0 Å². The van der Waals surface area contributed by atoms with Gasteiger partial charge in [0.05, 0.1) is 11.2 Å². The molecule has 0 aliphatic heterocycles. The zero-order valence-corrected chi connectivity index (χ0v) is 10.3. The highest BCUT2D eigenvalue weighted by Crippen LogP contribution is 2.30. The summed E-state index contributed by atoms with van der Waals surface area (Å²) in [6, 6.07) is 0. The highest BCUT2D eigenvalue weighted by Gasteiger charge is 2.27. The zero-order chi connectivity index (χ0) is 10.7. The van der Waals surface area contributed by atoms with Gasteiger partial charge in [0.25, 0.3) is 0 Å². The van der Waals surface area contributed by atoms with E-state index in [0.29, 0.717) is 0 Å². The van der Waals surface area contributed by atoms with Gasteiger partial charge in [0.15, 0.2) is 0 Å². The van der Waals surface area contributed by atoms with Gasteiger partial charge in [0, 0.05) is 10.4 Å². The molecule has 1 aliphatic carbocycles. The lowest BCUT2D eigenvalue weighted by Gasteiger charge is -2.33. The molecule has 1 aliphatic rings. The summed E-state index contributed by atoms with van der Waals surface area (Å²) in [5.74, 6) is 0. The summed E-state index contributed by atoms with van der Waals surface area (Å²) in [4.78, 5) is 5.70. The maximum Gasteiger partial charge on any atom is 0.0797 e. The van der Waals surface area contributed by atoms with Crippen LogP contribution >= 0.6 is 11.3 Å². The van der Waals surface area contributed by atoms with Gasteiger partial charge in [-0.05, 0) is 32.6 Å². The number of aromatic nitrogens is 1. The van der Waals surface area contributed by atoms with Crippen LogP contribution in [0.1, 0.15) is 49.1 Å². The highest BCUT2D eigenvalue weighted by atomic mass is 32.1. The molecule has 1 saturated carbocycles. The van der Waals surface area contributed by atoms with Crippen LogP contribution in [0.5, 0.6) is 0 Å². The van der Waals surface area contributed by atoms with Gasteiger partial charge in [-0.1, -0.05) is 19.3 Å². The van der Waals surface area contributed by atoms with Crippen molar-refractivity contribution in [1.29, 1.82) is 0 Å². The fourth-order valence-corrected chi connectivity index (χ4v) is 3.22. The standard InChI is InChI=1S/C12H20N2S/c1-10-11(15-9-14-10)5-8-12(13)6-3-2-4-7-12/h9H,2-8,13H2,1H3. The van der Waals surface area contributed by atoms with Crippen molar-refractivity contribution < 1.29 is 0 Å². The third-order valence-corrected chi connectivity index (χ3v) is 4.54. The highest BCUT2D eigenvalue weighted by molar-refractivity contribution is 7.09. The molecule has 0 radical (unpaired) electrons. The number of thiazole rings is 1. The third kappa shape index (κ3) is 2.79. The molecular weight excluding hydrogens is 204 g/mol. The van der Waals surface area contributed by atoms with Gasteiger partial charge >= 0.3 is 0 Å². The number of rotatable bonds is 3. The normalized spacial score (nSPS) is 20.4. The molecule has 1 aromatic rings. The maximum atomic E-state index is 6.41. The first-order valence-corrected chi connectivity index (χ1v) is 6.75. The van der Waals surface area contributed by atoms with E-state index in [1.807, 2.05) is 5.51 Å². The van der Waals surface area contributed by atoms with Crippen molar-refractivity contribution >= 4 is 11.3 Å². The summed E-state index contributed by atoms with van der Waals surface area (Å²) in [5, 5.41) is 0. The van der Waals surface area contributed by atoms with Crippen LogP contribution in [0.15, 0.2) is 5.51 Å². The molecular formula is C12H20N2S. The van der Waals surface area contributed by atoms with E-state index in [1.54, 1.807) is 11.3 Å². The average molecular weight is 224 g/mol. The van der Waals surface area contributed by atoms with Gasteiger partial charge in [-0.25, -0.2) is 4.98 Å². The smallest absolute Gasteiger partial charge is 0.0797 e. The molecule has 1 fully saturated rings. The number of hydrogen-bond acceptors (Lipinski definition) is 3. The van der Waals surface area contributed by atoms with Crippen LogP contribution in [0.25, 0.3) is 0 Å². The minimum Gasteiger partial charge on any atom is -0.325 e. The van der Waals surface area contributed by atoms with E-state index < -0.39 is 0 Å². The minimum absolute atomic E-state index is 0.120. The number of hydrogen-bond donors (Lipinski definition) is 1. The largest absolute Gasteiger partial charge is 0.325 e. The number of nitrogens with two attached hydrogens (primary N) is 1. The molecule has 0 amide bonds. The van der Waals surface area contributed by atoms with E-state index in [4.69, 9.17) is 5.73 Å². The van der Waals surface area contributed by atoms with Crippen LogP contribution in [0, 0.1) is 6.92 Å². The fraction of sp³-hybridized carbons (Fsp3) is 0.750. The second kappa shape index (κ2) is 4.62. The Kier molecular flexibility index (Phi) is 3.42. The zero-order valence-electron chi connectivity index (χ0n) is 9.46. The van der Waals surface area contributed by atoms with Gasteiger partial charge in [0.1, 0.15) is 0 Å². The Bertz CT molecular complexity index is 313. The van der Waals surface area contributed by atoms with Crippen LogP contribution in [0.3, 0.4) is 0 Å². The molecule has 3 heteroatoms. The van der Waals surface area contributed by atoms with Crippen molar-refractivity contribution in [2.75, 3.05) is 0 Å². The Morgan fingerprint density at radius 1 is 1.40 bits per heavy atom. The molecule has 2 nitrogen and oxygen atoms in total. The van der Waals surface area contributed by atoms with E-state index in [1.165, 1.54) is 42.7 Å². The lowest BCUT2D eigenvalue weighted by Crippen LogP contribution is -2.41. The second-order valence-corrected chi connectivity index (χ2v) is 5.72. The third-order valence-electron chi connectivity index (χ3n) is 3.54. The molecule has 0 spiro atoms. The summed E-state index contributed by atoms with van der Waals surface area (Å²) in [6.45, 7) is 2.09. The van der Waals surface area contributed by atoms with E-state index in [9.17, 15) is 0 Å². The van der Waals surface area contributed by atoms with Crippen molar-refractivity contribution in [3.63, 3.8) is 0 Å². The van der Waals surface area contributed by atoms with Crippen molar-refractivity contribution in [2.45, 2.75) is 57.4 Å². The summed E-state index contributed by atoms with van der Waals surface area (Å²) < 4.78 is 0. The van der Waals surface area contributed by atoms with Crippen molar-refractivity contribution in [3.05, 3.63) is 16.1 Å². The Balaban J connectivity index is 1.89. The Morgan fingerprint density at radius 3 is 2.73 bits per heavy atom. The van der Waals surface area contributed by atoms with Crippen molar-refractivity contribution in [3.8, 4) is 0 Å². The SMILES string of the molecule is Cc1ncsc1CCC1(N)CCCCC1. The van der Waals surface area contributed by atoms with Crippen LogP contribution in [0.2, 0.25) is 0 Å². The Labute approximate surface area is 95.9 Å². The van der Waals surface area contributed by atoms with Gasteiger partial charge in [-0.15, -0.1) is 11.3 Å². The Hall–Kier alpha value is -0.410. The molecule has 15 heavy (non-hydrogen) atoms. The van der Waals surface area contributed by atoms with Crippen LogP contribution < -0.4 is 5.73 Å². The fourth-order valence-electron chi connectivity index (χ4n) is 2.43. The quantitative estimate of drug-likeness (QED) is 0.857. The van der Waals surface area contributed by atoms with Gasteiger partial charge < -0.3 is 5.73 Å². The average Bonchev–Trinajstić information content (AvgIpc) is 2.62.